The third kappa shape index (κ3) is 2.76. The summed E-state index contributed by atoms with van der Waals surface area (Å²) in [4.78, 5) is 2.08. The standard InChI is InChI=1S/C14H21NO3/c1-17-12-7-5-6-11(14(12)18-2)10-15-9-4-3-8-13(15)16/h5-7,13,16H,3-4,8-10H2,1-2H3. The number of piperidine rings is 1. The third-order valence-electron chi connectivity index (χ3n) is 3.44. The van der Waals surface area contributed by atoms with Gasteiger partial charge in [-0.2, -0.15) is 0 Å². The predicted molar refractivity (Wildman–Crippen MR) is 69.8 cm³/mol. The predicted octanol–water partition coefficient (Wildman–Crippen LogP) is 2.01. The molecule has 100 valence electrons. The van der Waals surface area contributed by atoms with Crippen LogP contribution in [0.1, 0.15) is 24.8 Å². The first-order chi connectivity index (χ1) is 8.76. The van der Waals surface area contributed by atoms with Crippen LogP contribution in [0.15, 0.2) is 18.2 Å². The molecule has 1 saturated heterocycles. The Morgan fingerprint density at radius 3 is 2.78 bits per heavy atom. The lowest BCUT2D eigenvalue weighted by molar-refractivity contribution is -0.0294. The minimum absolute atomic E-state index is 0.338. The van der Waals surface area contributed by atoms with Gasteiger partial charge < -0.3 is 14.6 Å². The number of nitrogens with zero attached hydrogens (tertiary/aromatic N) is 1. The number of ether oxygens (including phenoxy) is 2. The van der Waals surface area contributed by atoms with E-state index in [0.717, 1.165) is 42.9 Å². The molecule has 0 aliphatic carbocycles. The van der Waals surface area contributed by atoms with E-state index in [-0.39, 0.29) is 6.23 Å². The Hall–Kier alpha value is -1.26. The first-order valence-corrected chi connectivity index (χ1v) is 6.38. The lowest BCUT2D eigenvalue weighted by atomic mass is 10.1. The monoisotopic (exact) mass is 251 g/mol. The average molecular weight is 251 g/mol. The molecule has 2 rings (SSSR count). The second-order valence-electron chi connectivity index (χ2n) is 4.60. The molecule has 1 atom stereocenters. The molecule has 0 aromatic heterocycles. The molecule has 1 aromatic rings. The molecule has 1 unspecified atom stereocenters. The van der Waals surface area contributed by atoms with Crippen molar-refractivity contribution >= 4 is 0 Å². The molecule has 0 bridgehead atoms. The van der Waals surface area contributed by atoms with Crippen LogP contribution in [0.2, 0.25) is 0 Å². The maximum atomic E-state index is 9.97. The van der Waals surface area contributed by atoms with Crippen LogP contribution in [0, 0.1) is 0 Å². The average Bonchev–Trinajstić information content (AvgIpc) is 2.41. The molecule has 0 amide bonds. The van der Waals surface area contributed by atoms with Crippen molar-refractivity contribution in [1.82, 2.24) is 4.90 Å². The molecule has 18 heavy (non-hydrogen) atoms. The maximum Gasteiger partial charge on any atom is 0.165 e. The fourth-order valence-electron chi connectivity index (χ4n) is 2.45. The molecule has 1 aliphatic heterocycles. The number of benzene rings is 1. The van der Waals surface area contributed by atoms with Crippen molar-refractivity contribution in [2.75, 3.05) is 20.8 Å². The van der Waals surface area contributed by atoms with Gasteiger partial charge >= 0.3 is 0 Å². The van der Waals surface area contributed by atoms with Gasteiger partial charge in [0.15, 0.2) is 11.5 Å². The van der Waals surface area contributed by atoms with Gasteiger partial charge in [-0.15, -0.1) is 0 Å². The molecular weight excluding hydrogens is 230 g/mol. The van der Waals surface area contributed by atoms with Crippen LogP contribution in [0.5, 0.6) is 11.5 Å². The molecule has 0 saturated carbocycles. The van der Waals surface area contributed by atoms with Crippen LogP contribution in [0.3, 0.4) is 0 Å². The van der Waals surface area contributed by atoms with Crippen LogP contribution in [-0.4, -0.2) is 37.0 Å². The van der Waals surface area contributed by atoms with E-state index in [2.05, 4.69) is 4.90 Å². The summed E-state index contributed by atoms with van der Waals surface area (Å²) >= 11 is 0. The number of para-hydroxylation sites is 1. The Morgan fingerprint density at radius 2 is 2.11 bits per heavy atom. The fraction of sp³-hybridized carbons (Fsp3) is 0.571. The van der Waals surface area contributed by atoms with Crippen molar-refractivity contribution in [2.45, 2.75) is 32.0 Å². The van der Waals surface area contributed by atoms with Crippen molar-refractivity contribution in [3.8, 4) is 11.5 Å². The Kier molecular flexibility index (Phi) is 4.44. The van der Waals surface area contributed by atoms with Gasteiger partial charge in [0.05, 0.1) is 14.2 Å². The van der Waals surface area contributed by atoms with Gasteiger partial charge in [0.2, 0.25) is 0 Å². The van der Waals surface area contributed by atoms with Crippen LogP contribution in [-0.2, 0) is 6.54 Å². The zero-order valence-corrected chi connectivity index (χ0v) is 11.1. The van der Waals surface area contributed by atoms with Gasteiger partial charge in [0.1, 0.15) is 6.23 Å². The Balaban J connectivity index is 2.17. The van der Waals surface area contributed by atoms with Crippen LogP contribution < -0.4 is 9.47 Å². The van der Waals surface area contributed by atoms with Gasteiger partial charge in [0.25, 0.3) is 0 Å². The van der Waals surface area contributed by atoms with Gasteiger partial charge in [-0.1, -0.05) is 12.1 Å². The van der Waals surface area contributed by atoms with E-state index < -0.39 is 0 Å². The molecule has 1 aromatic carbocycles. The van der Waals surface area contributed by atoms with Crippen molar-refractivity contribution in [3.63, 3.8) is 0 Å². The van der Waals surface area contributed by atoms with Gasteiger partial charge in [-0.05, 0) is 25.3 Å². The molecule has 1 fully saturated rings. The van der Waals surface area contributed by atoms with Gasteiger partial charge in [-0.25, -0.2) is 0 Å². The molecule has 1 N–H and O–H groups in total. The molecule has 1 heterocycles. The van der Waals surface area contributed by atoms with Crippen LogP contribution in [0.25, 0.3) is 0 Å². The second kappa shape index (κ2) is 6.07. The number of methoxy groups -OCH3 is 2. The topological polar surface area (TPSA) is 41.9 Å². The summed E-state index contributed by atoms with van der Waals surface area (Å²) in [6, 6.07) is 5.85. The van der Waals surface area contributed by atoms with E-state index in [1.165, 1.54) is 0 Å². The highest BCUT2D eigenvalue weighted by atomic mass is 16.5. The molecule has 0 radical (unpaired) electrons. The smallest absolute Gasteiger partial charge is 0.165 e. The Morgan fingerprint density at radius 1 is 1.28 bits per heavy atom. The van der Waals surface area contributed by atoms with E-state index in [0.29, 0.717) is 6.54 Å². The Labute approximate surface area is 108 Å². The van der Waals surface area contributed by atoms with Crippen molar-refractivity contribution < 1.29 is 14.6 Å². The number of aliphatic hydroxyl groups excluding tert-OH is 1. The largest absolute Gasteiger partial charge is 0.493 e. The zero-order chi connectivity index (χ0) is 13.0. The Bertz CT molecular complexity index is 395. The zero-order valence-electron chi connectivity index (χ0n) is 11.1. The molecule has 0 spiro atoms. The van der Waals surface area contributed by atoms with Crippen molar-refractivity contribution in [1.29, 1.82) is 0 Å². The number of aliphatic hydroxyl groups is 1. The summed E-state index contributed by atoms with van der Waals surface area (Å²) in [5.74, 6) is 1.50. The number of hydrogen-bond acceptors (Lipinski definition) is 4. The lowest BCUT2D eigenvalue weighted by Gasteiger charge is -2.32. The molecular formula is C14H21NO3. The van der Waals surface area contributed by atoms with E-state index in [1.807, 2.05) is 18.2 Å². The van der Waals surface area contributed by atoms with E-state index in [9.17, 15) is 5.11 Å². The van der Waals surface area contributed by atoms with E-state index in [1.54, 1.807) is 14.2 Å². The minimum atomic E-state index is -0.338. The quantitative estimate of drug-likeness (QED) is 0.889. The number of likely N-dealkylation sites (tertiary alicyclic amines) is 1. The van der Waals surface area contributed by atoms with E-state index in [4.69, 9.17) is 9.47 Å². The molecule has 1 aliphatic rings. The summed E-state index contributed by atoms with van der Waals surface area (Å²) < 4.78 is 10.7. The maximum absolute atomic E-state index is 9.97. The highest BCUT2D eigenvalue weighted by Gasteiger charge is 2.21. The second-order valence-corrected chi connectivity index (χ2v) is 4.60. The summed E-state index contributed by atoms with van der Waals surface area (Å²) in [6.45, 7) is 1.63. The van der Waals surface area contributed by atoms with Crippen LogP contribution >= 0.6 is 0 Å². The van der Waals surface area contributed by atoms with Crippen molar-refractivity contribution in [3.05, 3.63) is 23.8 Å². The number of rotatable bonds is 4. The summed E-state index contributed by atoms with van der Waals surface area (Å²) in [5.41, 5.74) is 1.05. The summed E-state index contributed by atoms with van der Waals surface area (Å²) in [7, 11) is 3.28. The van der Waals surface area contributed by atoms with E-state index >= 15 is 0 Å². The molecule has 4 nitrogen and oxygen atoms in total. The molecule has 4 heteroatoms. The SMILES string of the molecule is COc1cccc(CN2CCCCC2O)c1OC. The lowest BCUT2D eigenvalue weighted by Crippen LogP contribution is -2.38. The summed E-state index contributed by atoms with van der Waals surface area (Å²) in [6.07, 6.45) is 2.76. The normalized spacial score (nSPS) is 20.7. The van der Waals surface area contributed by atoms with Crippen molar-refractivity contribution in [2.24, 2.45) is 0 Å². The highest BCUT2D eigenvalue weighted by molar-refractivity contribution is 5.46. The fourth-order valence-corrected chi connectivity index (χ4v) is 2.45. The first kappa shape index (κ1) is 13.2. The van der Waals surface area contributed by atoms with Gasteiger partial charge in [0, 0.05) is 18.7 Å². The summed E-state index contributed by atoms with van der Waals surface area (Å²) in [5, 5.41) is 9.97. The van der Waals surface area contributed by atoms with Gasteiger partial charge in [-0.3, -0.25) is 4.90 Å². The highest BCUT2D eigenvalue weighted by Crippen LogP contribution is 2.32. The first-order valence-electron chi connectivity index (χ1n) is 6.38. The van der Waals surface area contributed by atoms with Crippen LogP contribution in [0.4, 0.5) is 0 Å². The minimum Gasteiger partial charge on any atom is -0.493 e. The third-order valence-corrected chi connectivity index (χ3v) is 3.44. The number of hydrogen-bond donors (Lipinski definition) is 1.